The molecule has 0 bridgehead atoms. The zero-order valence-corrected chi connectivity index (χ0v) is 15.4. The van der Waals surface area contributed by atoms with E-state index in [1.807, 2.05) is 17.9 Å². The summed E-state index contributed by atoms with van der Waals surface area (Å²) in [6.07, 6.45) is 5.05. The fourth-order valence-electron chi connectivity index (χ4n) is 2.97. The first-order valence-electron chi connectivity index (χ1n) is 7.62. The molecule has 1 aliphatic rings. The molecule has 1 atom stereocenters. The summed E-state index contributed by atoms with van der Waals surface area (Å²) in [7, 11) is 1.93. The van der Waals surface area contributed by atoms with E-state index in [9.17, 15) is 4.39 Å². The molecule has 124 valence electrons. The summed E-state index contributed by atoms with van der Waals surface area (Å²) in [5, 5.41) is 14.2. The molecule has 24 heavy (non-hydrogen) atoms. The van der Waals surface area contributed by atoms with Crippen molar-refractivity contribution < 1.29 is 4.39 Å². The van der Waals surface area contributed by atoms with Gasteiger partial charge in [-0.2, -0.15) is 5.10 Å². The van der Waals surface area contributed by atoms with Crippen LogP contribution in [0.1, 0.15) is 17.9 Å². The molecule has 0 amide bonds. The highest BCUT2D eigenvalue weighted by Crippen LogP contribution is 2.36. The van der Waals surface area contributed by atoms with Gasteiger partial charge in [-0.3, -0.25) is 4.68 Å². The van der Waals surface area contributed by atoms with Crippen molar-refractivity contribution in [1.82, 2.24) is 20.0 Å². The summed E-state index contributed by atoms with van der Waals surface area (Å²) >= 11 is 4.80. The second-order valence-electron chi connectivity index (χ2n) is 5.89. The lowest BCUT2D eigenvalue weighted by atomic mass is 10.0. The van der Waals surface area contributed by atoms with E-state index in [1.54, 1.807) is 12.1 Å². The molecule has 1 fully saturated rings. The van der Waals surface area contributed by atoms with Crippen molar-refractivity contribution in [3.63, 3.8) is 0 Å². The molecule has 3 heterocycles. The van der Waals surface area contributed by atoms with Crippen LogP contribution in [0.2, 0.25) is 0 Å². The highest BCUT2D eigenvalue weighted by Gasteiger charge is 2.27. The van der Waals surface area contributed by atoms with Crippen molar-refractivity contribution in [1.29, 1.82) is 0 Å². The quantitative estimate of drug-likeness (QED) is 0.661. The number of nitrogens with zero attached hydrogens (tertiary/aromatic N) is 5. The topological polar surface area (TPSA) is 46.8 Å². The van der Waals surface area contributed by atoms with E-state index >= 15 is 0 Å². The van der Waals surface area contributed by atoms with Gasteiger partial charge in [0.1, 0.15) is 5.82 Å². The summed E-state index contributed by atoms with van der Waals surface area (Å²) in [6.45, 7) is 1.82. The van der Waals surface area contributed by atoms with Crippen LogP contribution in [-0.2, 0) is 7.05 Å². The Morgan fingerprint density at radius 2 is 2.21 bits per heavy atom. The van der Waals surface area contributed by atoms with Gasteiger partial charge in [0.15, 0.2) is 5.01 Å². The van der Waals surface area contributed by atoms with E-state index in [0.29, 0.717) is 16.5 Å². The maximum atomic E-state index is 14.0. The molecule has 0 spiro atoms. The molecule has 2 aromatic heterocycles. The molecular formula is C16H15BrFN5S. The Hall–Kier alpha value is -1.80. The lowest BCUT2D eigenvalue weighted by Gasteiger charge is -2.13. The Kier molecular flexibility index (Phi) is 4.09. The van der Waals surface area contributed by atoms with Crippen LogP contribution in [0.25, 0.3) is 10.6 Å². The molecular weight excluding hydrogens is 393 g/mol. The fourth-order valence-corrected chi connectivity index (χ4v) is 4.23. The molecule has 0 saturated carbocycles. The molecule has 1 saturated heterocycles. The molecule has 8 heteroatoms. The smallest absolute Gasteiger partial charge is 0.208 e. The van der Waals surface area contributed by atoms with Crippen molar-refractivity contribution in [3.05, 3.63) is 46.4 Å². The molecule has 5 nitrogen and oxygen atoms in total. The van der Waals surface area contributed by atoms with E-state index in [-0.39, 0.29) is 5.82 Å². The average molecular weight is 408 g/mol. The normalized spacial score (nSPS) is 17.6. The van der Waals surface area contributed by atoms with Crippen molar-refractivity contribution >= 4 is 32.4 Å². The lowest BCUT2D eigenvalue weighted by molar-refractivity contribution is 0.630. The molecule has 1 unspecified atom stereocenters. The molecule has 1 aliphatic heterocycles. The molecule has 4 rings (SSSR count). The van der Waals surface area contributed by atoms with Gasteiger partial charge in [-0.15, -0.1) is 10.2 Å². The van der Waals surface area contributed by atoms with Crippen LogP contribution in [0.3, 0.4) is 0 Å². The minimum atomic E-state index is -0.282. The van der Waals surface area contributed by atoms with Gasteiger partial charge >= 0.3 is 0 Å². The van der Waals surface area contributed by atoms with Crippen molar-refractivity contribution in [2.24, 2.45) is 7.05 Å². The van der Waals surface area contributed by atoms with Gasteiger partial charge in [0, 0.05) is 42.3 Å². The Bertz CT molecular complexity index is 877. The number of aryl methyl sites for hydroxylation is 1. The van der Waals surface area contributed by atoms with E-state index < -0.39 is 0 Å². The van der Waals surface area contributed by atoms with E-state index in [0.717, 1.165) is 29.1 Å². The predicted octanol–water partition coefficient (Wildman–Crippen LogP) is 3.83. The summed E-state index contributed by atoms with van der Waals surface area (Å²) in [4.78, 5) is 2.22. The number of hydrogen-bond acceptors (Lipinski definition) is 5. The minimum Gasteiger partial charge on any atom is -0.346 e. The first kappa shape index (κ1) is 15.7. The van der Waals surface area contributed by atoms with Crippen LogP contribution in [0, 0.1) is 5.82 Å². The van der Waals surface area contributed by atoms with Crippen LogP contribution < -0.4 is 4.90 Å². The van der Waals surface area contributed by atoms with E-state index in [2.05, 4.69) is 42.3 Å². The molecule has 3 aromatic rings. The summed E-state index contributed by atoms with van der Waals surface area (Å²) < 4.78 is 16.7. The third kappa shape index (κ3) is 2.95. The Morgan fingerprint density at radius 3 is 3.00 bits per heavy atom. The summed E-state index contributed by atoms with van der Waals surface area (Å²) in [6, 6.07) is 4.86. The third-order valence-corrected chi connectivity index (χ3v) is 5.74. The lowest BCUT2D eigenvalue weighted by Crippen LogP contribution is -2.18. The molecule has 1 aromatic carbocycles. The van der Waals surface area contributed by atoms with Crippen molar-refractivity contribution in [3.8, 4) is 10.6 Å². The zero-order valence-electron chi connectivity index (χ0n) is 13.0. The second kappa shape index (κ2) is 6.25. The maximum Gasteiger partial charge on any atom is 0.208 e. The van der Waals surface area contributed by atoms with Crippen LogP contribution in [0.5, 0.6) is 0 Å². The highest BCUT2D eigenvalue weighted by molar-refractivity contribution is 9.10. The number of hydrogen-bond donors (Lipinski definition) is 0. The largest absolute Gasteiger partial charge is 0.346 e. The van der Waals surface area contributed by atoms with Crippen molar-refractivity contribution in [2.75, 3.05) is 18.0 Å². The van der Waals surface area contributed by atoms with E-state index in [4.69, 9.17) is 0 Å². The van der Waals surface area contributed by atoms with E-state index in [1.165, 1.54) is 23.0 Å². The SMILES string of the molecule is Cn1cc(C2CCN(c3nnc(-c4cc(Br)ccc4F)s3)C2)cn1. The maximum absolute atomic E-state index is 14.0. The van der Waals surface area contributed by atoms with Gasteiger partial charge in [0.05, 0.1) is 6.20 Å². The first-order chi connectivity index (χ1) is 11.6. The number of benzene rings is 1. The standard InChI is InChI=1S/C16H15BrFN5S/c1-22-8-11(7-19-22)10-4-5-23(9-10)16-21-20-15(24-16)13-6-12(17)2-3-14(13)18/h2-3,6-8,10H,4-5,9H2,1H3. The summed E-state index contributed by atoms with van der Waals surface area (Å²) in [5.74, 6) is 0.171. The van der Waals surface area contributed by atoms with Crippen LogP contribution in [0.4, 0.5) is 9.52 Å². The monoisotopic (exact) mass is 407 g/mol. The van der Waals surface area contributed by atoms with Gasteiger partial charge < -0.3 is 4.90 Å². The second-order valence-corrected chi connectivity index (χ2v) is 7.76. The number of anilines is 1. The van der Waals surface area contributed by atoms with Gasteiger partial charge in [-0.05, 0) is 30.2 Å². The van der Waals surface area contributed by atoms with Gasteiger partial charge in [0.2, 0.25) is 5.13 Å². The van der Waals surface area contributed by atoms with Crippen LogP contribution in [-0.4, -0.2) is 33.1 Å². The van der Waals surface area contributed by atoms with Gasteiger partial charge in [0.25, 0.3) is 0 Å². The Morgan fingerprint density at radius 1 is 1.33 bits per heavy atom. The van der Waals surface area contributed by atoms with Gasteiger partial charge in [-0.1, -0.05) is 27.3 Å². The first-order valence-corrected chi connectivity index (χ1v) is 9.23. The number of rotatable bonds is 3. The fraction of sp³-hybridized carbons (Fsp3) is 0.312. The van der Waals surface area contributed by atoms with Crippen LogP contribution in [0.15, 0.2) is 35.1 Å². The number of aromatic nitrogens is 4. The Balaban J connectivity index is 1.54. The highest BCUT2D eigenvalue weighted by atomic mass is 79.9. The molecule has 0 N–H and O–H groups in total. The third-order valence-electron chi connectivity index (χ3n) is 4.23. The van der Waals surface area contributed by atoms with Crippen molar-refractivity contribution in [2.45, 2.75) is 12.3 Å². The summed E-state index contributed by atoms with van der Waals surface area (Å²) in [5.41, 5.74) is 1.74. The predicted molar refractivity (Wildman–Crippen MR) is 95.8 cm³/mol. The average Bonchev–Trinajstić information content (AvgIpc) is 3.28. The molecule has 0 radical (unpaired) electrons. The number of halogens is 2. The minimum absolute atomic E-state index is 0.282. The van der Waals surface area contributed by atoms with Gasteiger partial charge in [-0.25, -0.2) is 4.39 Å². The zero-order chi connectivity index (χ0) is 16.7. The molecule has 0 aliphatic carbocycles. The Labute approximate surface area is 151 Å². The van der Waals surface area contributed by atoms with Crippen LogP contribution >= 0.6 is 27.3 Å².